The Morgan fingerprint density at radius 1 is 0.500 bits per heavy atom. The van der Waals surface area contributed by atoms with Gasteiger partial charge in [0.2, 0.25) is 0 Å². The highest BCUT2D eigenvalue weighted by atomic mass is 32.2. The highest BCUT2D eigenvalue weighted by Crippen LogP contribution is 2.27. The lowest BCUT2D eigenvalue weighted by atomic mass is 9.94. The molecule has 4 atom stereocenters. The maximum atomic E-state index is 13.0. The fraction of sp³-hybridized carbons (Fsp3) is 1.00. The summed E-state index contributed by atoms with van der Waals surface area (Å²) in [6.07, 6.45) is 2.09. The third kappa shape index (κ3) is 4.73. The normalized spacial score (nSPS) is 35.9. The van der Waals surface area contributed by atoms with E-state index in [0.717, 1.165) is 12.8 Å². The second kappa shape index (κ2) is 8.47. The van der Waals surface area contributed by atoms with Crippen LogP contribution in [-0.4, -0.2) is 86.4 Å². The van der Waals surface area contributed by atoms with Gasteiger partial charge in [0, 0.05) is 52.4 Å². The Hall–Kier alpha value is -0.260. The molecule has 3 aliphatic heterocycles. The van der Waals surface area contributed by atoms with Crippen molar-refractivity contribution in [3.63, 3.8) is 0 Å². The van der Waals surface area contributed by atoms with Crippen LogP contribution in [0.4, 0.5) is 0 Å². The van der Waals surface area contributed by atoms with Crippen molar-refractivity contribution in [2.45, 2.75) is 40.5 Å². The summed E-state index contributed by atoms with van der Waals surface area (Å²) in [7, 11) is -7.06. The van der Waals surface area contributed by atoms with Crippen molar-refractivity contribution >= 4 is 20.4 Å². The SMILES string of the molecule is C[C@@H]1C[C@H](C)CN(S(=O)(=O)N2CCN(S(=O)(=O)N3C[C@@H](C)C[C@H](C)C3)CC2)C1. The number of hydrogen-bond donors (Lipinski definition) is 0. The fourth-order valence-electron chi connectivity index (χ4n) is 5.05. The van der Waals surface area contributed by atoms with Gasteiger partial charge >= 0.3 is 0 Å². The molecule has 3 aliphatic rings. The zero-order valence-corrected chi connectivity index (χ0v) is 19.3. The van der Waals surface area contributed by atoms with Crippen molar-refractivity contribution < 1.29 is 16.8 Å². The maximum Gasteiger partial charge on any atom is 0.282 e. The summed E-state index contributed by atoms with van der Waals surface area (Å²) < 4.78 is 58.3. The number of piperidine rings is 2. The van der Waals surface area contributed by atoms with Crippen LogP contribution < -0.4 is 0 Å². The first-order valence-corrected chi connectivity index (χ1v) is 13.3. The van der Waals surface area contributed by atoms with Gasteiger partial charge in [0.05, 0.1) is 0 Å². The summed E-state index contributed by atoms with van der Waals surface area (Å²) in [5.74, 6) is 1.40. The minimum absolute atomic E-state index is 0.222. The van der Waals surface area contributed by atoms with Crippen molar-refractivity contribution in [3.05, 3.63) is 0 Å². The Kier molecular flexibility index (Phi) is 6.78. The first-order chi connectivity index (χ1) is 13.0. The molecule has 0 N–H and O–H groups in total. The smallest absolute Gasteiger partial charge is 0.195 e. The van der Waals surface area contributed by atoms with Gasteiger partial charge in [0.1, 0.15) is 0 Å². The largest absolute Gasteiger partial charge is 0.282 e. The van der Waals surface area contributed by atoms with Gasteiger partial charge in [-0.1, -0.05) is 27.7 Å². The zero-order valence-electron chi connectivity index (χ0n) is 17.6. The van der Waals surface area contributed by atoms with E-state index in [1.807, 2.05) is 0 Å². The molecule has 0 saturated carbocycles. The summed E-state index contributed by atoms with van der Waals surface area (Å²) >= 11 is 0. The van der Waals surface area contributed by atoms with E-state index in [1.54, 1.807) is 8.61 Å². The van der Waals surface area contributed by atoms with Crippen molar-refractivity contribution in [3.8, 4) is 0 Å². The third-order valence-electron chi connectivity index (χ3n) is 6.17. The molecule has 0 aromatic carbocycles. The zero-order chi connectivity index (χ0) is 20.7. The standard InChI is InChI=1S/C18H36N4O4S2/c1-15-9-16(2)12-21(11-15)27(23,24)19-5-7-20(8-6-19)28(25,26)22-13-17(3)10-18(4)14-22/h15-18H,5-14H2,1-4H3/t15-,16-,17-,18+/m0/s1. The minimum Gasteiger partial charge on any atom is -0.195 e. The Morgan fingerprint density at radius 3 is 1.00 bits per heavy atom. The first kappa shape index (κ1) is 22.4. The molecular formula is C18H36N4O4S2. The highest BCUT2D eigenvalue weighted by molar-refractivity contribution is 7.87. The first-order valence-electron chi connectivity index (χ1n) is 10.5. The van der Waals surface area contributed by atoms with E-state index in [-0.39, 0.29) is 26.2 Å². The van der Waals surface area contributed by atoms with Crippen LogP contribution in [0.3, 0.4) is 0 Å². The molecule has 3 fully saturated rings. The molecule has 0 spiro atoms. The number of rotatable bonds is 4. The molecule has 3 saturated heterocycles. The van der Waals surface area contributed by atoms with E-state index in [0.29, 0.717) is 49.9 Å². The maximum absolute atomic E-state index is 13.0. The van der Waals surface area contributed by atoms with Gasteiger partial charge in [-0.05, 0) is 36.5 Å². The summed E-state index contributed by atoms with van der Waals surface area (Å²) in [6, 6.07) is 0. The molecular weight excluding hydrogens is 400 g/mol. The van der Waals surface area contributed by atoms with Crippen LogP contribution in [0.25, 0.3) is 0 Å². The van der Waals surface area contributed by atoms with Crippen LogP contribution in [0, 0.1) is 23.7 Å². The molecule has 0 aromatic rings. The molecule has 8 nitrogen and oxygen atoms in total. The lowest BCUT2D eigenvalue weighted by Crippen LogP contribution is -2.58. The second-order valence-corrected chi connectivity index (χ2v) is 13.2. The number of nitrogens with zero attached hydrogens (tertiary/aromatic N) is 4. The summed E-state index contributed by atoms with van der Waals surface area (Å²) in [6.45, 7) is 11.4. The Bertz CT molecular complexity index is 666. The molecule has 0 aromatic heterocycles. The topological polar surface area (TPSA) is 81.2 Å². The molecule has 0 aliphatic carbocycles. The second-order valence-electron chi connectivity index (χ2n) is 9.34. The molecule has 164 valence electrons. The molecule has 0 unspecified atom stereocenters. The lowest BCUT2D eigenvalue weighted by molar-refractivity contribution is 0.184. The van der Waals surface area contributed by atoms with Crippen LogP contribution in [-0.2, 0) is 20.4 Å². The van der Waals surface area contributed by atoms with Crippen LogP contribution in [0.5, 0.6) is 0 Å². The van der Waals surface area contributed by atoms with Crippen molar-refractivity contribution in [2.75, 3.05) is 52.4 Å². The average molecular weight is 437 g/mol. The molecule has 28 heavy (non-hydrogen) atoms. The van der Waals surface area contributed by atoms with E-state index in [9.17, 15) is 16.8 Å². The fourth-order valence-corrected chi connectivity index (χ4v) is 8.72. The lowest BCUT2D eigenvalue weighted by Gasteiger charge is -2.42. The van der Waals surface area contributed by atoms with E-state index in [4.69, 9.17) is 0 Å². The van der Waals surface area contributed by atoms with Gasteiger partial charge in [-0.2, -0.15) is 34.1 Å². The summed E-state index contributed by atoms with van der Waals surface area (Å²) in [5.41, 5.74) is 0. The molecule has 10 heteroatoms. The van der Waals surface area contributed by atoms with Crippen molar-refractivity contribution in [1.29, 1.82) is 0 Å². The summed E-state index contributed by atoms with van der Waals surface area (Å²) in [4.78, 5) is 0. The summed E-state index contributed by atoms with van der Waals surface area (Å²) in [5, 5.41) is 0. The van der Waals surface area contributed by atoms with Crippen LogP contribution in [0.1, 0.15) is 40.5 Å². The molecule has 0 bridgehead atoms. The highest BCUT2D eigenvalue weighted by Gasteiger charge is 2.40. The van der Waals surface area contributed by atoms with Crippen LogP contribution in [0.15, 0.2) is 0 Å². The van der Waals surface area contributed by atoms with Crippen molar-refractivity contribution in [2.24, 2.45) is 23.7 Å². The third-order valence-corrected chi connectivity index (χ3v) is 10.1. The Balaban J connectivity index is 1.63. The monoisotopic (exact) mass is 436 g/mol. The van der Waals surface area contributed by atoms with E-state index in [1.165, 1.54) is 8.61 Å². The molecule has 3 rings (SSSR count). The molecule has 0 amide bonds. The average Bonchev–Trinajstić information content (AvgIpc) is 2.60. The van der Waals surface area contributed by atoms with Crippen LogP contribution in [0.2, 0.25) is 0 Å². The van der Waals surface area contributed by atoms with Gasteiger partial charge in [0.25, 0.3) is 20.4 Å². The predicted molar refractivity (Wildman–Crippen MR) is 110 cm³/mol. The number of hydrogen-bond acceptors (Lipinski definition) is 4. The van der Waals surface area contributed by atoms with Gasteiger partial charge < -0.3 is 0 Å². The Labute approximate surface area is 171 Å². The van der Waals surface area contributed by atoms with Crippen LogP contribution >= 0.6 is 0 Å². The molecule has 0 radical (unpaired) electrons. The van der Waals surface area contributed by atoms with E-state index < -0.39 is 20.4 Å². The van der Waals surface area contributed by atoms with Gasteiger partial charge in [-0.3, -0.25) is 0 Å². The van der Waals surface area contributed by atoms with Gasteiger partial charge in [0.15, 0.2) is 0 Å². The molecule has 3 heterocycles. The quantitative estimate of drug-likeness (QED) is 0.660. The van der Waals surface area contributed by atoms with E-state index in [2.05, 4.69) is 27.7 Å². The number of piperazine rings is 1. The van der Waals surface area contributed by atoms with Crippen molar-refractivity contribution in [1.82, 2.24) is 17.2 Å². The van der Waals surface area contributed by atoms with Gasteiger partial charge in [-0.25, -0.2) is 0 Å². The predicted octanol–water partition coefficient (Wildman–Crippen LogP) is 1.05. The van der Waals surface area contributed by atoms with E-state index >= 15 is 0 Å². The minimum atomic E-state index is -3.53. The Morgan fingerprint density at radius 2 is 0.750 bits per heavy atom. The van der Waals surface area contributed by atoms with Gasteiger partial charge in [-0.15, -0.1) is 0 Å².